The predicted molar refractivity (Wildman–Crippen MR) is 81.4 cm³/mol. The van der Waals surface area contributed by atoms with Gasteiger partial charge in [-0.3, -0.25) is 10.3 Å². The van der Waals surface area contributed by atoms with Crippen molar-refractivity contribution >= 4 is 24.6 Å². The van der Waals surface area contributed by atoms with Gasteiger partial charge in [0, 0.05) is 25.1 Å². The lowest BCUT2D eigenvalue weighted by atomic mass is 9.71. The van der Waals surface area contributed by atoms with E-state index in [2.05, 4.69) is 20.6 Å². The van der Waals surface area contributed by atoms with Crippen LogP contribution in [-0.4, -0.2) is 29.8 Å². The Labute approximate surface area is 119 Å². The smallest absolute Gasteiger partial charge is 0.320 e. The number of carbonyl (C=O) groups excluding carboxylic acids is 1. The van der Waals surface area contributed by atoms with E-state index in [0.29, 0.717) is 12.4 Å². The van der Waals surface area contributed by atoms with Gasteiger partial charge in [-0.15, -0.1) is 0 Å². The molecule has 20 heavy (non-hydrogen) atoms. The Morgan fingerprint density at radius 3 is 2.90 bits per heavy atom. The number of urea groups is 1. The van der Waals surface area contributed by atoms with Gasteiger partial charge in [-0.05, 0) is 30.2 Å². The standard InChI is InChI=1S/C14H16BN4O/c1-3-17-14(20)19-13-7-11(12(15-2)9-18-13)10-5-4-6-16-8-10/h4-9H,3H2,1-2H3,(H2,17,18,19,20). The van der Waals surface area contributed by atoms with Crippen LogP contribution in [0.4, 0.5) is 10.6 Å². The molecule has 0 fully saturated rings. The largest absolute Gasteiger partial charge is 0.338 e. The Morgan fingerprint density at radius 1 is 1.40 bits per heavy atom. The van der Waals surface area contributed by atoms with Gasteiger partial charge in [0.05, 0.1) is 0 Å². The van der Waals surface area contributed by atoms with E-state index in [0.717, 1.165) is 16.6 Å². The molecule has 0 saturated heterocycles. The number of hydrogen-bond donors (Lipinski definition) is 2. The van der Waals surface area contributed by atoms with Gasteiger partial charge in [0.15, 0.2) is 7.28 Å². The average molecular weight is 267 g/mol. The lowest BCUT2D eigenvalue weighted by Gasteiger charge is -2.11. The molecule has 0 atom stereocenters. The average Bonchev–Trinajstić information content (AvgIpc) is 2.48. The molecule has 2 N–H and O–H groups in total. The molecular formula is C14H16BN4O. The Balaban J connectivity index is 2.32. The van der Waals surface area contributed by atoms with Crippen LogP contribution in [0.5, 0.6) is 0 Å². The number of aromatic nitrogens is 2. The van der Waals surface area contributed by atoms with Gasteiger partial charge in [0.2, 0.25) is 0 Å². The van der Waals surface area contributed by atoms with Crippen LogP contribution in [0, 0.1) is 0 Å². The first-order valence-corrected chi connectivity index (χ1v) is 6.49. The second-order valence-corrected chi connectivity index (χ2v) is 4.17. The van der Waals surface area contributed by atoms with Crippen LogP contribution in [0.2, 0.25) is 6.82 Å². The Bertz CT molecular complexity index is 589. The van der Waals surface area contributed by atoms with E-state index in [1.54, 1.807) is 18.6 Å². The molecule has 0 aliphatic carbocycles. The molecule has 0 aliphatic heterocycles. The van der Waals surface area contributed by atoms with E-state index >= 15 is 0 Å². The van der Waals surface area contributed by atoms with Crippen molar-refractivity contribution < 1.29 is 4.79 Å². The molecule has 6 heteroatoms. The molecule has 101 valence electrons. The zero-order chi connectivity index (χ0) is 14.4. The van der Waals surface area contributed by atoms with Gasteiger partial charge in [0.25, 0.3) is 0 Å². The molecule has 0 aliphatic rings. The normalized spacial score (nSPS) is 9.90. The molecule has 2 aromatic heterocycles. The van der Waals surface area contributed by atoms with E-state index in [1.807, 2.05) is 39.2 Å². The van der Waals surface area contributed by atoms with Crippen LogP contribution in [0.1, 0.15) is 6.92 Å². The second-order valence-electron chi connectivity index (χ2n) is 4.17. The summed E-state index contributed by atoms with van der Waals surface area (Å²) in [5.74, 6) is 0.514. The Morgan fingerprint density at radius 2 is 2.25 bits per heavy atom. The zero-order valence-corrected chi connectivity index (χ0v) is 11.6. The number of nitrogens with zero attached hydrogens (tertiary/aromatic N) is 2. The molecule has 1 radical (unpaired) electrons. The Kier molecular flexibility index (Phi) is 4.71. The van der Waals surface area contributed by atoms with Crippen LogP contribution in [-0.2, 0) is 0 Å². The SMILES string of the molecule is C[B]c1cnc(NC(=O)NCC)cc1-c1cccnc1. The first-order chi connectivity index (χ1) is 9.74. The van der Waals surface area contributed by atoms with Crippen molar-refractivity contribution in [3.05, 3.63) is 36.8 Å². The number of carbonyl (C=O) groups is 1. The molecule has 0 aromatic carbocycles. The van der Waals surface area contributed by atoms with Gasteiger partial charge in [-0.2, -0.15) is 0 Å². The van der Waals surface area contributed by atoms with Crippen LogP contribution < -0.4 is 16.1 Å². The molecule has 2 rings (SSSR count). The van der Waals surface area contributed by atoms with Crippen LogP contribution >= 0.6 is 0 Å². The first-order valence-electron chi connectivity index (χ1n) is 6.49. The Hall–Kier alpha value is -2.37. The molecule has 2 aromatic rings. The molecule has 0 spiro atoms. The van der Waals surface area contributed by atoms with Crippen molar-refractivity contribution in [3.8, 4) is 11.1 Å². The summed E-state index contributed by atoms with van der Waals surface area (Å²) in [4.78, 5) is 19.9. The van der Waals surface area contributed by atoms with Crippen LogP contribution in [0.15, 0.2) is 36.8 Å². The summed E-state index contributed by atoms with van der Waals surface area (Å²) in [5.41, 5.74) is 2.98. The fraction of sp³-hybridized carbons (Fsp3) is 0.214. The number of amides is 2. The van der Waals surface area contributed by atoms with Crippen molar-refractivity contribution in [3.63, 3.8) is 0 Å². The van der Waals surface area contributed by atoms with Gasteiger partial charge in [0.1, 0.15) is 5.82 Å². The molecule has 0 bridgehead atoms. The predicted octanol–water partition coefficient (Wildman–Crippen LogP) is 1.66. The van der Waals surface area contributed by atoms with E-state index in [9.17, 15) is 4.79 Å². The molecule has 5 nitrogen and oxygen atoms in total. The van der Waals surface area contributed by atoms with Crippen molar-refractivity contribution in [2.75, 3.05) is 11.9 Å². The van der Waals surface area contributed by atoms with Gasteiger partial charge >= 0.3 is 6.03 Å². The number of rotatable bonds is 4. The fourth-order valence-electron chi connectivity index (χ4n) is 1.86. The summed E-state index contributed by atoms with van der Waals surface area (Å²) in [6.45, 7) is 4.39. The monoisotopic (exact) mass is 267 g/mol. The molecule has 2 heterocycles. The lowest BCUT2D eigenvalue weighted by Crippen LogP contribution is -2.29. The lowest BCUT2D eigenvalue weighted by molar-refractivity contribution is 0.252. The van der Waals surface area contributed by atoms with Crippen LogP contribution in [0.3, 0.4) is 0 Å². The van der Waals surface area contributed by atoms with E-state index < -0.39 is 0 Å². The number of anilines is 1. The highest BCUT2D eigenvalue weighted by Crippen LogP contribution is 2.18. The quantitative estimate of drug-likeness (QED) is 0.828. The first kappa shape index (κ1) is 14.1. The van der Waals surface area contributed by atoms with E-state index in [-0.39, 0.29) is 6.03 Å². The zero-order valence-electron chi connectivity index (χ0n) is 11.6. The third-order valence-corrected chi connectivity index (χ3v) is 2.80. The summed E-state index contributed by atoms with van der Waals surface area (Å²) in [5, 5.41) is 5.38. The summed E-state index contributed by atoms with van der Waals surface area (Å²) in [7, 11) is 1.98. The van der Waals surface area contributed by atoms with Crippen molar-refractivity contribution in [2.45, 2.75) is 13.7 Å². The molecular weight excluding hydrogens is 251 g/mol. The van der Waals surface area contributed by atoms with Gasteiger partial charge in [-0.25, -0.2) is 9.78 Å². The van der Waals surface area contributed by atoms with Crippen molar-refractivity contribution in [1.29, 1.82) is 0 Å². The summed E-state index contributed by atoms with van der Waals surface area (Å²) in [6.07, 6.45) is 5.26. The molecule has 0 unspecified atom stereocenters. The molecule has 0 saturated carbocycles. The minimum atomic E-state index is -0.259. The maximum Gasteiger partial charge on any atom is 0.320 e. The highest BCUT2D eigenvalue weighted by molar-refractivity contribution is 6.54. The summed E-state index contributed by atoms with van der Waals surface area (Å²) in [6, 6.07) is 5.45. The van der Waals surface area contributed by atoms with E-state index in [4.69, 9.17) is 0 Å². The summed E-state index contributed by atoms with van der Waals surface area (Å²) >= 11 is 0. The summed E-state index contributed by atoms with van der Waals surface area (Å²) < 4.78 is 0. The minimum absolute atomic E-state index is 0.259. The van der Waals surface area contributed by atoms with Crippen molar-refractivity contribution in [2.24, 2.45) is 0 Å². The second kappa shape index (κ2) is 6.70. The number of nitrogens with one attached hydrogen (secondary N) is 2. The highest BCUT2D eigenvalue weighted by atomic mass is 16.2. The van der Waals surface area contributed by atoms with Gasteiger partial charge < -0.3 is 5.32 Å². The van der Waals surface area contributed by atoms with Gasteiger partial charge in [-0.1, -0.05) is 18.4 Å². The fourth-order valence-corrected chi connectivity index (χ4v) is 1.86. The third kappa shape index (κ3) is 3.35. The van der Waals surface area contributed by atoms with Crippen LogP contribution in [0.25, 0.3) is 11.1 Å². The number of hydrogen-bond acceptors (Lipinski definition) is 3. The third-order valence-electron chi connectivity index (χ3n) is 2.80. The van der Waals surface area contributed by atoms with E-state index in [1.165, 1.54) is 0 Å². The molecule has 2 amide bonds. The maximum absolute atomic E-state index is 11.5. The minimum Gasteiger partial charge on any atom is -0.338 e. The highest BCUT2D eigenvalue weighted by Gasteiger charge is 2.08. The topological polar surface area (TPSA) is 66.9 Å². The van der Waals surface area contributed by atoms with Crippen molar-refractivity contribution in [1.82, 2.24) is 15.3 Å². The maximum atomic E-state index is 11.5. The number of pyridine rings is 2.